The van der Waals surface area contributed by atoms with Gasteiger partial charge in [0.15, 0.2) is 0 Å². The van der Waals surface area contributed by atoms with Crippen LogP contribution in [0.4, 0.5) is 17.8 Å². The fourth-order valence-electron chi connectivity index (χ4n) is 9.54. The second kappa shape index (κ2) is 49.2. The summed E-state index contributed by atoms with van der Waals surface area (Å²) in [5.74, 6) is 0.569. The van der Waals surface area contributed by atoms with Crippen LogP contribution in [0.1, 0.15) is 240 Å². The van der Waals surface area contributed by atoms with Gasteiger partial charge in [0.2, 0.25) is 17.8 Å². The molecule has 2 heterocycles. The first-order chi connectivity index (χ1) is 37.7. The first-order valence-corrected chi connectivity index (χ1v) is 31.4. The quantitative estimate of drug-likeness (QED) is 0.0317. The van der Waals surface area contributed by atoms with Gasteiger partial charge >= 0.3 is 23.9 Å². The normalized spacial score (nSPS) is 13.6. The maximum absolute atomic E-state index is 12.8. The topological polar surface area (TPSA) is 190 Å². The second-order valence-corrected chi connectivity index (χ2v) is 21.5. The molecule has 17 nitrogen and oxygen atoms in total. The monoisotopic (exact) mass is 1090 g/mol. The molecular weight excluding hydrogens is 975 g/mol. The fraction of sp³-hybridized carbons (Fsp3) is 0.883. The number of unbranched alkanes of at least 4 members (excludes halogenated alkanes) is 20. The molecule has 0 spiro atoms. The minimum absolute atomic E-state index is 0.206. The molecular formula is C60H113N9O8. The van der Waals surface area contributed by atoms with E-state index in [1.807, 2.05) is 0 Å². The molecule has 1 aliphatic heterocycles. The largest absolute Gasteiger partial charge is 0.466 e. The lowest BCUT2D eigenvalue weighted by molar-refractivity contribution is -0.146. The predicted octanol–water partition coefficient (Wildman–Crippen LogP) is 12.2. The van der Waals surface area contributed by atoms with E-state index in [0.29, 0.717) is 103 Å². The van der Waals surface area contributed by atoms with Gasteiger partial charge in [-0.3, -0.25) is 19.2 Å². The third kappa shape index (κ3) is 40.1. The lowest BCUT2D eigenvalue weighted by atomic mass is 10.1. The Bertz CT molecular complexity index is 1450. The zero-order valence-corrected chi connectivity index (χ0v) is 49.8. The van der Waals surface area contributed by atoms with Gasteiger partial charge in [-0.2, -0.15) is 15.0 Å². The molecule has 1 unspecified atom stereocenters. The molecule has 1 aliphatic rings. The Morgan fingerprint density at radius 1 is 0.429 bits per heavy atom. The summed E-state index contributed by atoms with van der Waals surface area (Å²) >= 11 is 0. The number of rotatable bonds is 54. The van der Waals surface area contributed by atoms with Crippen molar-refractivity contribution >= 4 is 41.7 Å². The number of hydrogen-bond donors (Lipinski definition) is 3. The average molecular weight is 1090 g/mol. The maximum atomic E-state index is 12.8. The van der Waals surface area contributed by atoms with E-state index < -0.39 is 0 Å². The van der Waals surface area contributed by atoms with E-state index in [-0.39, 0.29) is 49.6 Å². The number of ether oxygens (including phenoxy) is 4. The van der Waals surface area contributed by atoms with Gasteiger partial charge < -0.3 is 49.6 Å². The van der Waals surface area contributed by atoms with E-state index in [1.165, 1.54) is 116 Å². The fourth-order valence-corrected chi connectivity index (χ4v) is 9.54. The molecule has 0 bridgehead atoms. The SMILES string of the molecule is CCCCCCCCOC(=O)CCN(CCCNc1nc(NCCCN(CCC(=O)OCCCCCCCC)CCC(=O)OCCCCCCCC)nc(NCCC2CCCN2C)n1)CCC(=O)OCCCCCCCC. The molecule has 77 heavy (non-hydrogen) atoms. The summed E-state index contributed by atoms with van der Waals surface area (Å²) in [5.41, 5.74) is 0. The summed E-state index contributed by atoms with van der Waals surface area (Å²) in [6.45, 7) is 16.9. The number of nitrogens with one attached hydrogen (secondary N) is 3. The van der Waals surface area contributed by atoms with Crippen LogP contribution in [0.5, 0.6) is 0 Å². The lowest BCUT2D eigenvalue weighted by Crippen LogP contribution is -2.32. The van der Waals surface area contributed by atoms with Crippen LogP contribution in [0, 0.1) is 0 Å². The van der Waals surface area contributed by atoms with Gasteiger partial charge in [0.25, 0.3) is 0 Å². The number of esters is 4. The third-order valence-corrected chi connectivity index (χ3v) is 14.5. The van der Waals surface area contributed by atoms with E-state index in [1.54, 1.807) is 0 Å². The van der Waals surface area contributed by atoms with Gasteiger partial charge in [0.05, 0.1) is 52.1 Å². The summed E-state index contributed by atoms with van der Waals surface area (Å²) < 4.78 is 22.4. The van der Waals surface area contributed by atoms with Crippen molar-refractivity contribution in [1.82, 2.24) is 29.7 Å². The first-order valence-electron chi connectivity index (χ1n) is 31.4. The van der Waals surface area contributed by atoms with Crippen LogP contribution in [-0.4, -0.2) is 158 Å². The smallest absolute Gasteiger partial charge is 0.307 e. The summed E-state index contributed by atoms with van der Waals surface area (Å²) in [5, 5.41) is 10.3. The van der Waals surface area contributed by atoms with Crippen molar-refractivity contribution in [2.45, 2.75) is 246 Å². The molecule has 0 amide bonds. The van der Waals surface area contributed by atoms with Crippen LogP contribution < -0.4 is 16.0 Å². The zero-order chi connectivity index (χ0) is 55.7. The third-order valence-electron chi connectivity index (χ3n) is 14.5. The van der Waals surface area contributed by atoms with Crippen molar-refractivity contribution < 1.29 is 38.1 Å². The van der Waals surface area contributed by atoms with Crippen LogP contribution >= 0.6 is 0 Å². The van der Waals surface area contributed by atoms with Gasteiger partial charge in [0.1, 0.15) is 0 Å². The minimum Gasteiger partial charge on any atom is -0.466 e. The van der Waals surface area contributed by atoms with E-state index >= 15 is 0 Å². The lowest BCUT2D eigenvalue weighted by Gasteiger charge is -2.22. The van der Waals surface area contributed by atoms with Gasteiger partial charge in [-0.05, 0) is 84.5 Å². The van der Waals surface area contributed by atoms with Crippen molar-refractivity contribution in [3.05, 3.63) is 0 Å². The van der Waals surface area contributed by atoms with Crippen molar-refractivity contribution in [3.63, 3.8) is 0 Å². The van der Waals surface area contributed by atoms with E-state index in [2.05, 4.69) is 65.4 Å². The number of carbonyl (C=O) groups excluding carboxylic acids is 4. The van der Waals surface area contributed by atoms with Crippen LogP contribution in [0.3, 0.4) is 0 Å². The number of likely N-dealkylation sites (tertiary alicyclic amines) is 1. The van der Waals surface area contributed by atoms with Crippen LogP contribution in [0.25, 0.3) is 0 Å². The molecule has 1 saturated heterocycles. The van der Waals surface area contributed by atoms with Crippen molar-refractivity contribution in [3.8, 4) is 0 Å². The van der Waals surface area contributed by atoms with E-state index in [9.17, 15) is 19.2 Å². The molecule has 0 saturated carbocycles. The highest BCUT2D eigenvalue weighted by atomic mass is 16.5. The Kier molecular flexibility index (Phi) is 44.3. The Morgan fingerprint density at radius 2 is 0.727 bits per heavy atom. The van der Waals surface area contributed by atoms with Crippen LogP contribution in [0.2, 0.25) is 0 Å². The van der Waals surface area contributed by atoms with Gasteiger partial charge in [-0.25, -0.2) is 0 Å². The molecule has 0 radical (unpaired) electrons. The standard InChI is InChI=1S/C60H113N9O8/c1-6-10-14-18-22-26-49-74-54(70)35-45-68(46-36-55(71)75-50-27-23-19-15-11-7-2)43-31-39-61-58-64-59(66-60(65-58)63-41-34-53-33-30-42-67(53)5)62-40-32-44-69(47-37-56(72)76-51-28-24-20-16-12-8-3)48-38-57(73)77-52-29-25-21-17-13-9-4/h53H,6-52H2,1-5H3,(H3,61,62,63,64,65,66). The molecule has 1 aromatic rings. The minimum atomic E-state index is -0.206. The number of anilines is 3. The Hall–Kier alpha value is -3.83. The number of nitrogens with zero attached hydrogens (tertiary/aromatic N) is 6. The highest BCUT2D eigenvalue weighted by molar-refractivity contribution is 5.71. The predicted molar refractivity (Wildman–Crippen MR) is 313 cm³/mol. The van der Waals surface area contributed by atoms with Crippen molar-refractivity contribution in [2.24, 2.45) is 0 Å². The zero-order valence-electron chi connectivity index (χ0n) is 49.8. The summed E-state index contributed by atoms with van der Waals surface area (Å²) in [6, 6.07) is 0.527. The average Bonchev–Trinajstić information content (AvgIpc) is 3.84. The van der Waals surface area contributed by atoms with Gasteiger partial charge in [-0.15, -0.1) is 0 Å². The van der Waals surface area contributed by atoms with E-state index in [4.69, 9.17) is 33.9 Å². The molecule has 17 heteroatoms. The second-order valence-electron chi connectivity index (χ2n) is 21.5. The molecule has 1 atom stereocenters. The van der Waals surface area contributed by atoms with Crippen molar-refractivity contribution in [1.29, 1.82) is 0 Å². The number of aromatic nitrogens is 3. The van der Waals surface area contributed by atoms with Crippen molar-refractivity contribution in [2.75, 3.05) is 115 Å². The first kappa shape index (κ1) is 69.3. The molecule has 446 valence electrons. The van der Waals surface area contributed by atoms with E-state index in [0.717, 1.165) is 83.7 Å². The molecule has 3 N–H and O–H groups in total. The molecule has 0 aliphatic carbocycles. The molecule has 0 aromatic carbocycles. The number of carbonyl (C=O) groups is 4. The molecule has 1 aromatic heterocycles. The Labute approximate surface area is 468 Å². The van der Waals surface area contributed by atoms with Crippen LogP contribution in [-0.2, 0) is 38.1 Å². The highest BCUT2D eigenvalue weighted by Gasteiger charge is 2.21. The highest BCUT2D eigenvalue weighted by Crippen LogP contribution is 2.19. The van der Waals surface area contributed by atoms with Gasteiger partial charge in [0, 0.05) is 51.9 Å². The number of hydrogen-bond acceptors (Lipinski definition) is 17. The summed E-state index contributed by atoms with van der Waals surface area (Å²) in [7, 11) is 2.19. The van der Waals surface area contributed by atoms with Gasteiger partial charge in [-0.1, -0.05) is 156 Å². The molecule has 1 fully saturated rings. The summed E-state index contributed by atoms with van der Waals surface area (Å²) in [6.07, 6.45) is 33.1. The van der Waals surface area contributed by atoms with Crippen LogP contribution in [0.15, 0.2) is 0 Å². The molecule has 2 rings (SSSR count). The Balaban J connectivity index is 2.04. The Morgan fingerprint density at radius 3 is 1.03 bits per heavy atom. The summed E-state index contributed by atoms with van der Waals surface area (Å²) in [4.78, 5) is 72.1. The maximum Gasteiger partial charge on any atom is 0.307 e.